The van der Waals surface area contributed by atoms with Gasteiger partial charge in [-0.2, -0.15) is 0 Å². The summed E-state index contributed by atoms with van der Waals surface area (Å²) in [7, 11) is 0. The van der Waals surface area contributed by atoms with Crippen molar-refractivity contribution in [3.05, 3.63) is 0 Å². The molecule has 0 aliphatic carbocycles. The van der Waals surface area contributed by atoms with Gasteiger partial charge in [-0.25, -0.2) is 0 Å². The Bertz CT molecular complexity index is 330. The lowest BCUT2D eigenvalue weighted by Crippen LogP contribution is -2.71. The minimum Gasteiger partial charge on any atom is -0.342 e. The summed E-state index contributed by atoms with van der Waals surface area (Å²) in [5.74, 6) is 0.0681. The molecular weight excluding hydrogens is 228 g/mol. The smallest absolute Gasteiger partial charge is 0.246 e. The third-order valence-electron chi connectivity index (χ3n) is 4.16. The average Bonchev–Trinajstić information content (AvgIpc) is 2.36. The molecule has 18 heavy (non-hydrogen) atoms. The van der Waals surface area contributed by atoms with Gasteiger partial charge in [-0.3, -0.25) is 9.59 Å². The van der Waals surface area contributed by atoms with Crippen LogP contribution >= 0.6 is 0 Å². The fraction of sp³-hybridized carbons (Fsp3) is 0.857. The van der Waals surface area contributed by atoms with Crippen LogP contribution in [0.1, 0.15) is 60.3 Å². The molecule has 1 rings (SSSR count). The molecule has 1 heterocycles. The van der Waals surface area contributed by atoms with Crippen molar-refractivity contribution in [2.75, 3.05) is 0 Å². The molecule has 0 aromatic heterocycles. The average molecular weight is 254 g/mol. The molecule has 0 radical (unpaired) electrons. The summed E-state index contributed by atoms with van der Waals surface area (Å²) < 4.78 is 0. The predicted molar refractivity (Wildman–Crippen MR) is 72.1 cm³/mol. The summed E-state index contributed by atoms with van der Waals surface area (Å²) in [5, 5.41) is 2.89. The van der Waals surface area contributed by atoms with E-state index in [2.05, 4.69) is 12.2 Å². The fourth-order valence-corrected chi connectivity index (χ4v) is 2.60. The van der Waals surface area contributed by atoms with E-state index in [0.717, 1.165) is 19.3 Å². The Labute approximate surface area is 110 Å². The standard InChI is InChI=1S/C14H26N2O2/c1-6-9-11-12(17)16(10(4)7-2)14(5,8-3)13(18)15-11/h10-11H,6-9H2,1-5H3,(H,15,18). The third-order valence-corrected chi connectivity index (χ3v) is 4.16. The van der Waals surface area contributed by atoms with Crippen LogP contribution in [0, 0.1) is 0 Å². The fourth-order valence-electron chi connectivity index (χ4n) is 2.60. The lowest BCUT2D eigenvalue weighted by Gasteiger charge is -2.48. The molecule has 0 spiro atoms. The zero-order chi connectivity index (χ0) is 13.9. The number of carbonyl (C=O) groups is 2. The highest BCUT2D eigenvalue weighted by Gasteiger charge is 2.49. The molecule has 3 unspecified atom stereocenters. The van der Waals surface area contributed by atoms with E-state index in [1.807, 2.05) is 32.6 Å². The van der Waals surface area contributed by atoms with Gasteiger partial charge in [0.2, 0.25) is 11.8 Å². The Hall–Kier alpha value is -1.06. The van der Waals surface area contributed by atoms with Crippen molar-refractivity contribution in [2.45, 2.75) is 77.9 Å². The summed E-state index contributed by atoms with van der Waals surface area (Å²) >= 11 is 0. The van der Waals surface area contributed by atoms with Gasteiger partial charge in [0, 0.05) is 6.04 Å². The minimum atomic E-state index is -0.698. The zero-order valence-corrected chi connectivity index (χ0v) is 12.2. The molecule has 0 aromatic carbocycles. The summed E-state index contributed by atoms with van der Waals surface area (Å²) in [4.78, 5) is 26.7. The predicted octanol–water partition coefficient (Wildman–Crippen LogP) is 2.08. The number of hydrogen-bond acceptors (Lipinski definition) is 2. The van der Waals surface area contributed by atoms with Gasteiger partial charge in [0.1, 0.15) is 11.6 Å². The SMILES string of the molecule is CCCC1NC(=O)C(C)(CC)N(C(C)CC)C1=O. The molecule has 2 amide bonds. The van der Waals surface area contributed by atoms with Crippen LogP contribution in [-0.2, 0) is 9.59 Å². The summed E-state index contributed by atoms with van der Waals surface area (Å²) in [6.07, 6.45) is 3.13. The van der Waals surface area contributed by atoms with E-state index in [1.165, 1.54) is 0 Å². The second-order valence-electron chi connectivity index (χ2n) is 5.41. The maximum Gasteiger partial charge on any atom is 0.246 e. The van der Waals surface area contributed by atoms with Crippen LogP contribution in [0.2, 0.25) is 0 Å². The minimum absolute atomic E-state index is 0.0108. The highest BCUT2D eigenvalue weighted by molar-refractivity contribution is 5.99. The van der Waals surface area contributed by atoms with Gasteiger partial charge in [0.15, 0.2) is 0 Å². The Morgan fingerprint density at radius 3 is 2.39 bits per heavy atom. The van der Waals surface area contributed by atoms with Crippen LogP contribution in [0.25, 0.3) is 0 Å². The van der Waals surface area contributed by atoms with Crippen molar-refractivity contribution in [3.63, 3.8) is 0 Å². The summed E-state index contributed by atoms with van der Waals surface area (Å²) in [6.45, 7) is 9.93. The molecule has 1 fully saturated rings. The lowest BCUT2D eigenvalue weighted by atomic mass is 9.87. The first-order valence-corrected chi connectivity index (χ1v) is 7.06. The first-order chi connectivity index (χ1) is 8.42. The number of amides is 2. The Morgan fingerprint density at radius 2 is 1.94 bits per heavy atom. The normalized spacial score (nSPS) is 30.3. The first-order valence-electron chi connectivity index (χ1n) is 7.06. The van der Waals surface area contributed by atoms with Crippen molar-refractivity contribution in [2.24, 2.45) is 0 Å². The van der Waals surface area contributed by atoms with Gasteiger partial charge in [0.25, 0.3) is 0 Å². The van der Waals surface area contributed by atoms with E-state index in [4.69, 9.17) is 0 Å². The molecule has 1 N–H and O–H groups in total. The van der Waals surface area contributed by atoms with Crippen molar-refractivity contribution >= 4 is 11.8 Å². The number of nitrogens with one attached hydrogen (secondary N) is 1. The van der Waals surface area contributed by atoms with Crippen LogP contribution < -0.4 is 5.32 Å². The van der Waals surface area contributed by atoms with E-state index >= 15 is 0 Å². The largest absolute Gasteiger partial charge is 0.342 e. The van der Waals surface area contributed by atoms with Gasteiger partial charge in [-0.1, -0.05) is 27.2 Å². The molecule has 0 bridgehead atoms. The van der Waals surface area contributed by atoms with Crippen LogP contribution in [0.5, 0.6) is 0 Å². The zero-order valence-electron chi connectivity index (χ0n) is 12.2. The molecule has 104 valence electrons. The summed E-state index contributed by atoms with van der Waals surface area (Å²) in [5.41, 5.74) is -0.698. The molecule has 4 nitrogen and oxygen atoms in total. The number of nitrogens with zero attached hydrogens (tertiary/aromatic N) is 1. The number of carbonyl (C=O) groups excluding carboxylic acids is 2. The first kappa shape index (κ1) is 15.0. The molecule has 1 saturated heterocycles. The van der Waals surface area contributed by atoms with Gasteiger partial charge >= 0.3 is 0 Å². The van der Waals surface area contributed by atoms with Crippen LogP contribution in [0.3, 0.4) is 0 Å². The highest BCUT2D eigenvalue weighted by Crippen LogP contribution is 2.29. The molecule has 1 aliphatic rings. The second-order valence-corrected chi connectivity index (χ2v) is 5.41. The summed E-state index contributed by atoms with van der Waals surface area (Å²) in [6, 6.07) is -0.232. The highest BCUT2D eigenvalue weighted by atomic mass is 16.2. The topological polar surface area (TPSA) is 49.4 Å². The molecule has 3 atom stereocenters. The van der Waals surface area contributed by atoms with Crippen molar-refractivity contribution in [1.82, 2.24) is 10.2 Å². The molecule has 1 aliphatic heterocycles. The van der Waals surface area contributed by atoms with Crippen LogP contribution in [-0.4, -0.2) is 34.3 Å². The molecule has 4 heteroatoms. The quantitative estimate of drug-likeness (QED) is 0.816. The van der Waals surface area contributed by atoms with Crippen molar-refractivity contribution < 1.29 is 9.59 Å². The van der Waals surface area contributed by atoms with E-state index in [-0.39, 0.29) is 23.9 Å². The Balaban J connectivity index is 3.09. The third kappa shape index (κ3) is 2.38. The van der Waals surface area contributed by atoms with Gasteiger partial charge in [-0.15, -0.1) is 0 Å². The number of rotatable bonds is 5. The number of piperazine rings is 1. The second kappa shape index (κ2) is 5.72. The maximum absolute atomic E-state index is 12.5. The molecule has 0 aromatic rings. The van der Waals surface area contributed by atoms with E-state index < -0.39 is 5.54 Å². The van der Waals surface area contributed by atoms with Crippen molar-refractivity contribution in [1.29, 1.82) is 0 Å². The molecular formula is C14H26N2O2. The monoisotopic (exact) mass is 254 g/mol. The van der Waals surface area contributed by atoms with Gasteiger partial charge in [0.05, 0.1) is 0 Å². The van der Waals surface area contributed by atoms with Crippen LogP contribution in [0.15, 0.2) is 0 Å². The Morgan fingerprint density at radius 1 is 1.33 bits per heavy atom. The molecule has 0 saturated carbocycles. The lowest BCUT2D eigenvalue weighted by molar-refractivity contribution is -0.160. The Kier molecular flexibility index (Phi) is 4.77. The van der Waals surface area contributed by atoms with E-state index in [9.17, 15) is 9.59 Å². The van der Waals surface area contributed by atoms with E-state index in [1.54, 1.807) is 0 Å². The van der Waals surface area contributed by atoms with E-state index in [0.29, 0.717) is 6.42 Å². The maximum atomic E-state index is 12.5. The van der Waals surface area contributed by atoms with Gasteiger partial charge in [-0.05, 0) is 33.1 Å². The van der Waals surface area contributed by atoms with Gasteiger partial charge < -0.3 is 10.2 Å². The number of hydrogen-bond donors (Lipinski definition) is 1. The van der Waals surface area contributed by atoms with Crippen LogP contribution in [0.4, 0.5) is 0 Å². The van der Waals surface area contributed by atoms with Crippen molar-refractivity contribution in [3.8, 4) is 0 Å².